The second-order valence-corrected chi connectivity index (χ2v) is 5.53. The van der Waals surface area contributed by atoms with Gasteiger partial charge in [0, 0.05) is 5.56 Å². The van der Waals surface area contributed by atoms with Gasteiger partial charge in [-0.25, -0.2) is 0 Å². The quantitative estimate of drug-likeness (QED) is 0.856. The fraction of sp³-hybridized carbons (Fsp3) is 0.467. The molecule has 0 aliphatic heterocycles. The predicted octanol–water partition coefficient (Wildman–Crippen LogP) is 3.57. The fourth-order valence-corrected chi connectivity index (χ4v) is 2.92. The van der Waals surface area contributed by atoms with Gasteiger partial charge in [0.1, 0.15) is 0 Å². The van der Waals surface area contributed by atoms with Gasteiger partial charge in [0.15, 0.2) is 10.6 Å². The molecule has 1 aliphatic rings. The molecule has 0 amide bonds. The molecule has 0 saturated heterocycles. The number of H-pyrrole nitrogens is 1. The summed E-state index contributed by atoms with van der Waals surface area (Å²) in [7, 11) is 0. The number of rotatable bonds is 5. The monoisotopic (exact) mass is 289 g/mol. The van der Waals surface area contributed by atoms with E-state index in [-0.39, 0.29) is 0 Å². The van der Waals surface area contributed by atoms with Crippen LogP contribution in [-0.2, 0) is 11.3 Å². The van der Waals surface area contributed by atoms with Crippen molar-refractivity contribution in [3.63, 3.8) is 0 Å². The molecule has 106 valence electrons. The number of hydrogen-bond donors (Lipinski definition) is 1. The molecule has 1 fully saturated rings. The van der Waals surface area contributed by atoms with E-state index in [1.807, 2.05) is 34.9 Å². The summed E-state index contributed by atoms with van der Waals surface area (Å²) >= 11 is 5.31. The third kappa shape index (κ3) is 2.99. The summed E-state index contributed by atoms with van der Waals surface area (Å²) in [5, 5.41) is 7.20. The molecule has 1 heterocycles. The standard InChI is InChI=1S/C15H19N3OS/c20-15-17-16-14(12-6-2-1-3-7-12)18(15)10-11-19-13-8-4-5-9-13/h1-3,6-7,13H,4-5,8-11H2,(H,17,20). The number of aromatic amines is 1. The fourth-order valence-electron chi connectivity index (χ4n) is 2.70. The minimum atomic E-state index is 0.441. The number of aromatic nitrogens is 3. The Morgan fingerprint density at radius 3 is 2.75 bits per heavy atom. The highest BCUT2D eigenvalue weighted by atomic mass is 32.1. The van der Waals surface area contributed by atoms with Gasteiger partial charge in [-0.3, -0.25) is 9.67 Å². The summed E-state index contributed by atoms with van der Waals surface area (Å²) in [5.41, 5.74) is 1.07. The largest absolute Gasteiger partial charge is 0.376 e. The summed E-state index contributed by atoms with van der Waals surface area (Å²) in [6.07, 6.45) is 5.43. The molecule has 1 saturated carbocycles. The van der Waals surface area contributed by atoms with Crippen LogP contribution in [0.1, 0.15) is 25.7 Å². The van der Waals surface area contributed by atoms with E-state index in [0.29, 0.717) is 17.5 Å². The zero-order valence-electron chi connectivity index (χ0n) is 11.4. The Labute approximate surface area is 123 Å². The third-order valence-electron chi connectivity index (χ3n) is 3.76. The highest BCUT2D eigenvalue weighted by Gasteiger charge is 2.15. The van der Waals surface area contributed by atoms with Crippen LogP contribution in [0.2, 0.25) is 0 Å². The van der Waals surface area contributed by atoms with Crippen molar-refractivity contribution in [1.29, 1.82) is 0 Å². The first-order valence-corrected chi connectivity index (χ1v) is 7.57. The van der Waals surface area contributed by atoms with Crippen LogP contribution < -0.4 is 0 Å². The van der Waals surface area contributed by atoms with Gasteiger partial charge >= 0.3 is 0 Å². The van der Waals surface area contributed by atoms with E-state index < -0.39 is 0 Å². The zero-order chi connectivity index (χ0) is 13.8. The van der Waals surface area contributed by atoms with E-state index in [1.165, 1.54) is 25.7 Å². The van der Waals surface area contributed by atoms with Crippen molar-refractivity contribution in [1.82, 2.24) is 14.8 Å². The number of nitrogens with one attached hydrogen (secondary N) is 1. The molecular formula is C15H19N3OS. The third-order valence-corrected chi connectivity index (χ3v) is 4.07. The lowest BCUT2D eigenvalue weighted by atomic mass is 10.2. The van der Waals surface area contributed by atoms with Crippen LogP contribution >= 0.6 is 12.2 Å². The van der Waals surface area contributed by atoms with Crippen LogP contribution in [0.5, 0.6) is 0 Å². The number of nitrogens with zero attached hydrogens (tertiary/aromatic N) is 2. The molecule has 0 unspecified atom stereocenters. The van der Waals surface area contributed by atoms with Gasteiger partial charge in [-0.15, -0.1) is 0 Å². The van der Waals surface area contributed by atoms with Crippen molar-refractivity contribution in [2.75, 3.05) is 6.61 Å². The highest BCUT2D eigenvalue weighted by Crippen LogP contribution is 2.21. The van der Waals surface area contributed by atoms with Crippen molar-refractivity contribution in [3.05, 3.63) is 35.1 Å². The predicted molar refractivity (Wildman–Crippen MR) is 81.1 cm³/mol. The minimum Gasteiger partial charge on any atom is -0.376 e. The van der Waals surface area contributed by atoms with Crippen molar-refractivity contribution in [3.8, 4) is 11.4 Å². The molecule has 4 nitrogen and oxygen atoms in total. The average molecular weight is 289 g/mol. The van der Waals surface area contributed by atoms with Crippen LogP contribution in [0.25, 0.3) is 11.4 Å². The van der Waals surface area contributed by atoms with Crippen LogP contribution in [0.3, 0.4) is 0 Å². The molecule has 2 aromatic rings. The van der Waals surface area contributed by atoms with E-state index in [2.05, 4.69) is 10.2 Å². The van der Waals surface area contributed by atoms with Gasteiger partial charge in [0.2, 0.25) is 0 Å². The maximum absolute atomic E-state index is 5.91. The summed E-state index contributed by atoms with van der Waals surface area (Å²) in [6, 6.07) is 10.1. The zero-order valence-corrected chi connectivity index (χ0v) is 12.2. The lowest BCUT2D eigenvalue weighted by molar-refractivity contribution is 0.0530. The molecule has 1 aromatic carbocycles. The minimum absolute atomic E-state index is 0.441. The smallest absolute Gasteiger partial charge is 0.195 e. The number of ether oxygens (including phenoxy) is 1. The van der Waals surface area contributed by atoms with Crippen molar-refractivity contribution >= 4 is 12.2 Å². The van der Waals surface area contributed by atoms with Gasteiger partial charge in [-0.05, 0) is 25.1 Å². The van der Waals surface area contributed by atoms with Crippen LogP contribution in [0, 0.1) is 4.77 Å². The molecule has 0 bridgehead atoms. The summed E-state index contributed by atoms with van der Waals surface area (Å²) in [5.74, 6) is 0.880. The first-order chi connectivity index (χ1) is 9.84. The van der Waals surface area contributed by atoms with E-state index in [4.69, 9.17) is 17.0 Å². The average Bonchev–Trinajstić information content (AvgIpc) is 3.11. The van der Waals surface area contributed by atoms with Gasteiger partial charge in [-0.1, -0.05) is 43.2 Å². The summed E-state index contributed by atoms with van der Waals surface area (Å²) in [6.45, 7) is 1.44. The van der Waals surface area contributed by atoms with Gasteiger partial charge in [0.25, 0.3) is 0 Å². The highest BCUT2D eigenvalue weighted by molar-refractivity contribution is 7.71. The first-order valence-electron chi connectivity index (χ1n) is 7.17. The molecule has 5 heteroatoms. The molecule has 3 rings (SSSR count). The summed E-state index contributed by atoms with van der Waals surface area (Å²) in [4.78, 5) is 0. The Balaban J connectivity index is 1.69. The van der Waals surface area contributed by atoms with E-state index in [1.54, 1.807) is 0 Å². The van der Waals surface area contributed by atoms with Gasteiger partial charge in [0.05, 0.1) is 19.3 Å². The number of hydrogen-bond acceptors (Lipinski definition) is 3. The van der Waals surface area contributed by atoms with Crippen molar-refractivity contribution in [2.45, 2.75) is 38.3 Å². The maximum Gasteiger partial charge on any atom is 0.195 e. The summed E-state index contributed by atoms with van der Waals surface area (Å²) < 4.78 is 8.58. The van der Waals surface area contributed by atoms with Crippen molar-refractivity contribution < 1.29 is 4.74 Å². The normalized spacial score (nSPS) is 15.8. The Morgan fingerprint density at radius 2 is 2.00 bits per heavy atom. The molecular weight excluding hydrogens is 270 g/mol. The Morgan fingerprint density at radius 1 is 1.25 bits per heavy atom. The first kappa shape index (κ1) is 13.5. The lowest BCUT2D eigenvalue weighted by Crippen LogP contribution is -2.14. The Hall–Kier alpha value is -1.46. The molecule has 1 aromatic heterocycles. The van der Waals surface area contributed by atoms with Crippen molar-refractivity contribution in [2.24, 2.45) is 0 Å². The van der Waals surface area contributed by atoms with E-state index in [0.717, 1.165) is 17.9 Å². The van der Waals surface area contributed by atoms with Crippen LogP contribution in [0.15, 0.2) is 30.3 Å². The Bertz CT molecular complexity index is 599. The second-order valence-electron chi connectivity index (χ2n) is 5.15. The second kappa shape index (κ2) is 6.33. The molecule has 1 N–H and O–H groups in total. The SMILES string of the molecule is S=c1[nH]nc(-c2ccccc2)n1CCOC1CCCC1. The topological polar surface area (TPSA) is 42.8 Å². The maximum atomic E-state index is 5.91. The van der Waals surface area contributed by atoms with Crippen LogP contribution in [0.4, 0.5) is 0 Å². The van der Waals surface area contributed by atoms with Crippen LogP contribution in [-0.4, -0.2) is 27.5 Å². The van der Waals surface area contributed by atoms with E-state index >= 15 is 0 Å². The Kier molecular flexibility index (Phi) is 4.28. The van der Waals surface area contributed by atoms with Gasteiger partial charge in [-0.2, -0.15) is 5.10 Å². The molecule has 0 radical (unpaired) electrons. The number of benzene rings is 1. The molecule has 0 atom stereocenters. The lowest BCUT2D eigenvalue weighted by Gasteiger charge is -2.12. The van der Waals surface area contributed by atoms with Gasteiger partial charge < -0.3 is 4.74 Å². The molecule has 0 spiro atoms. The molecule has 20 heavy (non-hydrogen) atoms. The van der Waals surface area contributed by atoms with E-state index in [9.17, 15) is 0 Å². The molecule has 1 aliphatic carbocycles.